The Kier molecular flexibility index (Phi) is 3.97. The number of carbonyl (C=O) groups is 1. The van der Waals surface area contributed by atoms with Crippen molar-refractivity contribution in [1.82, 2.24) is 0 Å². The van der Waals surface area contributed by atoms with Crippen molar-refractivity contribution in [2.75, 3.05) is 11.9 Å². The fourth-order valence-corrected chi connectivity index (χ4v) is 2.33. The molecule has 1 atom stereocenters. The first-order valence-corrected chi connectivity index (χ1v) is 7.01. The number of halogens is 1. The Balaban J connectivity index is 1.59. The Hall–Kier alpha value is -2.20. The average molecular weight is 304 g/mol. The van der Waals surface area contributed by atoms with Gasteiger partial charge in [0.05, 0.1) is 12.2 Å². The van der Waals surface area contributed by atoms with Gasteiger partial charge in [0.15, 0.2) is 0 Å². The first-order chi connectivity index (χ1) is 10.2. The summed E-state index contributed by atoms with van der Waals surface area (Å²) in [6.45, 7) is 0.576. The van der Waals surface area contributed by atoms with E-state index in [0.29, 0.717) is 17.3 Å². The Morgan fingerprint density at radius 2 is 2.14 bits per heavy atom. The summed E-state index contributed by atoms with van der Waals surface area (Å²) >= 11 is 5.89. The van der Waals surface area contributed by atoms with Gasteiger partial charge >= 0.3 is 5.97 Å². The number of nitrogens with one attached hydrogen (secondary N) is 1. The van der Waals surface area contributed by atoms with E-state index in [4.69, 9.17) is 21.1 Å². The summed E-state index contributed by atoms with van der Waals surface area (Å²) in [5, 5.41) is 3.77. The number of fused-ring (bicyclic) bond motifs is 1. The molecule has 0 aromatic heterocycles. The summed E-state index contributed by atoms with van der Waals surface area (Å²) in [6, 6.07) is 14.7. The van der Waals surface area contributed by atoms with Gasteiger partial charge in [-0.25, -0.2) is 4.79 Å². The number of para-hydroxylation sites is 2. The second-order valence-corrected chi connectivity index (χ2v) is 5.16. The lowest BCUT2D eigenvalue weighted by molar-refractivity contribution is -0.152. The van der Waals surface area contributed by atoms with E-state index in [1.54, 1.807) is 12.1 Å². The van der Waals surface area contributed by atoms with E-state index in [9.17, 15) is 4.79 Å². The van der Waals surface area contributed by atoms with Crippen LogP contribution in [0.15, 0.2) is 48.5 Å². The zero-order valence-electron chi connectivity index (χ0n) is 11.2. The van der Waals surface area contributed by atoms with Crippen LogP contribution in [0, 0.1) is 0 Å². The SMILES string of the molecule is O=C(OCc1cccc(Cl)c1)C1CNc2ccccc2O1. The number of rotatable bonds is 3. The molecule has 1 aliphatic heterocycles. The van der Waals surface area contributed by atoms with Crippen LogP contribution in [-0.2, 0) is 16.1 Å². The van der Waals surface area contributed by atoms with Crippen LogP contribution in [0.2, 0.25) is 5.02 Å². The van der Waals surface area contributed by atoms with Gasteiger partial charge in [0.2, 0.25) is 6.10 Å². The Morgan fingerprint density at radius 1 is 1.29 bits per heavy atom. The van der Waals surface area contributed by atoms with Crippen LogP contribution in [0.25, 0.3) is 0 Å². The maximum atomic E-state index is 12.0. The quantitative estimate of drug-likeness (QED) is 0.884. The molecule has 1 heterocycles. The zero-order valence-corrected chi connectivity index (χ0v) is 12.0. The van der Waals surface area contributed by atoms with Crippen LogP contribution < -0.4 is 10.1 Å². The van der Waals surface area contributed by atoms with Crippen molar-refractivity contribution >= 4 is 23.3 Å². The summed E-state index contributed by atoms with van der Waals surface area (Å²) in [6.07, 6.45) is -0.640. The number of carbonyl (C=O) groups excluding carboxylic acids is 1. The third-order valence-electron chi connectivity index (χ3n) is 3.17. The summed E-state index contributed by atoms with van der Waals surface area (Å²) in [5.74, 6) is 0.269. The van der Waals surface area contributed by atoms with Crippen LogP contribution in [0.4, 0.5) is 5.69 Å². The van der Waals surface area contributed by atoms with Gasteiger partial charge in [-0.2, -0.15) is 0 Å². The lowest BCUT2D eigenvalue weighted by Gasteiger charge is -2.25. The summed E-state index contributed by atoms with van der Waals surface area (Å²) in [5.41, 5.74) is 1.73. The van der Waals surface area contributed by atoms with Gasteiger partial charge in [0.25, 0.3) is 0 Å². The number of hydrogen-bond donors (Lipinski definition) is 1. The number of ether oxygens (including phenoxy) is 2. The summed E-state index contributed by atoms with van der Waals surface area (Å²) < 4.78 is 10.9. The molecule has 0 saturated carbocycles. The highest BCUT2D eigenvalue weighted by molar-refractivity contribution is 6.30. The Bertz CT molecular complexity index is 659. The van der Waals surface area contributed by atoms with Gasteiger partial charge in [0, 0.05) is 5.02 Å². The molecule has 4 nitrogen and oxygen atoms in total. The molecule has 3 rings (SSSR count). The van der Waals surface area contributed by atoms with Crippen LogP contribution >= 0.6 is 11.6 Å². The normalized spacial score (nSPS) is 16.3. The van der Waals surface area contributed by atoms with Gasteiger partial charge in [0.1, 0.15) is 12.4 Å². The van der Waals surface area contributed by atoms with Gasteiger partial charge in [-0.3, -0.25) is 0 Å². The van der Waals surface area contributed by atoms with Crippen LogP contribution in [0.1, 0.15) is 5.56 Å². The molecule has 0 fully saturated rings. The predicted octanol–water partition coefficient (Wildman–Crippen LogP) is 3.26. The maximum absolute atomic E-state index is 12.0. The van der Waals surface area contributed by atoms with Crippen LogP contribution in [-0.4, -0.2) is 18.6 Å². The summed E-state index contributed by atoms with van der Waals surface area (Å²) in [4.78, 5) is 12.0. The van der Waals surface area contributed by atoms with Crippen LogP contribution in [0.3, 0.4) is 0 Å². The van der Waals surface area contributed by atoms with E-state index >= 15 is 0 Å². The third-order valence-corrected chi connectivity index (χ3v) is 3.40. The summed E-state index contributed by atoms with van der Waals surface area (Å²) in [7, 11) is 0. The highest BCUT2D eigenvalue weighted by Gasteiger charge is 2.26. The van der Waals surface area contributed by atoms with E-state index < -0.39 is 12.1 Å². The minimum Gasteiger partial charge on any atom is -0.475 e. The molecular weight excluding hydrogens is 290 g/mol. The van der Waals surface area contributed by atoms with Gasteiger partial charge in [-0.15, -0.1) is 0 Å². The third kappa shape index (κ3) is 3.28. The maximum Gasteiger partial charge on any atom is 0.349 e. The molecule has 1 aliphatic rings. The molecule has 1 unspecified atom stereocenters. The lowest BCUT2D eigenvalue weighted by atomic mass is 10.2. The Labute approximate surface area is 127 Å². The molecule has 0 aliphatic carbocycles. The highest BCUT2D eigenvalue weighted by Crippen LogP contribution is 2.28. The van der Waals surface area contributed by atoms with E-state index in [0.717, 1.165) is 11.3 Å². The first-order valence-electron chi connectivity index (χ1n) is 6.63. The molecule has 0 spiro atoms. The van der Waals surface area contributed by atoms with Crippen molar-refractivity contribution in [3.05, 3.63) is 59.1 Å². The molecule has 0 radical (unpaired) electrons. The van der Waals surface area contributed by atoms with E-state index in [1.165, 1.54) is 0 Å². The largest absolute Gasteiger partial charge is 0.475 e. The molecule has 5 heteroatoms. The average Bonchev–Trinajstić information content (AvgIpc) is 2.52. The smallest absolute Gasteiger partial charge is 0.349 e. The van der Waals surface area contributed by atoms with Crippen molar-refractivity contribution in [3.8, 4) is 5.75 Å². The van der Waals surface area contributed by atoms with Crippen molar-refractivity contribution in [1.29, 1.82) is 0 Å². The molecule has 2 aromatic rings. The first kappa shape index (κ1) is 13.8. The molecule has 0 bridgehead atoms. The van der Waals surface area contributed by atoms with Gasteiger partial charge in [-0.05, 0) is 29.8 Å². The minimum absolute atomic E-state index is 0.181. The number of esters is 1. The molecule has 0 saturated heterocycles. The topological polar surface area (TPSA) is 47.6 Å². The van der Waals surface area contributed by atoms with Crippen molar-refractivity contribution in [3.63, 3.8) is 0 Å². The number of hydrogen-bond acceptors (Lipinski definition) is 4. The van der Waals surface area contributed by atoms with Crippen molar-refractivity contribution in [2.24, 2.45) is 0 Å². The van der Waals surface area contributed by atoms with Crippen molar-refractivity contribution < 1.29 is 14.3 Å². The molecule has 21 heavy (non-hydrogen) atoms. The minimum atomic E-state index is -0.640. The van der Waals surface area contributed by atoms with Crippen LogP contribution in [0.5, 0.6) is 5.75 Å². The fraction of sp³-hybridized carbons (Fsp3) is 0.188. The second kappa shape index (κ2) is 6.06. The Morgan fingerprint density at radius 3 is 3.00 bits per heavy atom. The standard InChI is InChI=1S/C16H14ClNO3/c17-12-5-3-4-11(8-12)10-20-16(19)15-9-18-13-6-1-2-7-14(13)21-15/h1-8,15,18H,9-10H2. The molecule has 108 valence electrons. The number of benzene rings is 2. The van der Waals surface area contributed by atoms with Gasteiger partial charge in [-0.1, -0.05) is 35.9 Å². The predicted molar refractivity (Wildman–Crippen MR) is 80.6 cm³/mol. The second-order valence-electron chi connectivity index (χ2n) is 4.72. The molecule has 2 aromatic carbocycles. The lowest BCUT2D eigenvalue weighted by Crippen LogP contribution is -2.38. The molecule has 0 amide bonds. The molecule has 1 N–H and O–H groups in total. The zero-order chi connectivity index (χ0) is 14.7. The monoisotopic (exact) mass is 303 g/mol. The van der Waals surface area contributed by atoms with Gasteiger partial charge < -0.3 is 14.8 Å². The van der Waals surface area contributed by atoms with E-state index in [1.807, 2.05) is 36.4 Å². The highest BCUT2D eigenvalue weighted by atomic mass is 35.5. The van der Waals surface area contributed by atoms with E-state index in [-0.39, 0.29) is 6.61 Å². The fourth-order valence-electron chi connectivity index (χ4n) is 2.12. The van der Waals surface area contributed by atoms with E-state index in [2.05, 4.69) is 5.32 Å². The molecular formula is C16H14ClNO3. The van der Waals surface area contributed by atoms with Crippen molar-refractivity contribution in [2.45, 2.75) is 12.7 Å². The number of anilines is 1.